The van der Waals surface area contributed by atoms with Gasteiger partial charge >= 0.3 is 138 Å². The number of hydrogen-bond acceptors (Lipinski definition) is 16. The topological polar surface area (TPSA) is 134 Å². The number of halogens is 24. The standard InChI is InChI=1S/C40H34N4O2.C34H44O10S4.4F6P/c1-2-25-46-40(45)39-26-33-7-8-38(39)30-44-23-15-37(16-24-44)35-11-19-42(20-12-35)28-32-5-3-31(4-6-32)27-41-17-9-34(10-18-41)36-13-21-43(29-33)22-14-36;1-3-29-30-4-2-6-32(29)44-22-20-40-14-12-36-8-10-38-16-18-42-24-28-26-46-34(48-28)33-45-25-27(47-33)23-41-17-15-37-9-7-35-11-13-39-19-21-43-31(30)5-1;4*1-7(2,3,4,5)6/h1,3-24,26H,25,27-30H2;1-6,25-26H,7-24H2;;;;/q+4;;4*-1/b;34-33+;;;;. The number of esters is 1. The van der Waals surface area contributed by atoms with E-state index in [1.807, 2.05) is 60.9 Å². The van der Waals surface area contributed by atoms with Gasteiger partial charge in [0.1, 0.15) is 24.7 Å². The third-order valence-corrected chi connectivity index (χ3v) is 20.4. The number of terminal acetylenes is 1. The Morgan fingerprint density at radius 2 is 0.623 bits per heavy atom. The van der Waals surface area contributed by atoms with E-state index in [1.54, 1.807) is 47.0 Å². The van der Waals surface area contributed by atoms with Crippen LogP contribution in [0.4, 0.5) is 101 Å². The summed E-state index contributed by atoms with van der Waals surface area (Å²) in [6.07, 6.45) is 22.1. The molecule has 0 amide bonds. The van der Waals surface area contributed by atoms with Crippen molar-refractivity contribution in [1.29, 1.82) is 0 Å². The van der Waals surface area contributed by atoms with Crippen molar-refractivity contribution in [3.05, 3.63) is 234 Å². The average molecular weight is 1920 g/mol. The molecular formula is C74H78F24N4O12P4S4. The molecule has 8 aromatic rings. The second kappa shape index (κ2) is 40.6. The number of ether oxygens (including phenoxy) is 11. The minimum absolute atomic E-state index is 0.0662. The number of carbonyl (C=O) groups excluding carboxylic acids is 1. The molecule has 0 unspecified atom stereocenters. The predicted octanol–water partition coefficient (Wildman–Crippen LogP) is 24.5. The summed E-state index contributed by atoms with van der Waals surface area (Å²) in [5, 5.41) is 6.32. The van der Waals surface area contributed by atoms with E-state index in [4.69, 9.17) is 58.5 Å². The monoisotopic (exact) mass is 1920 g/mol. The van der Waals surface area contributed by atoms with Crippen molar-refractivity contribution in [2.75, 3.05) is 126 Å². The number of pyridine rings is 4. The van der Waals surface area contributed by atoms with Gasteiger partial charge in [-0.05, 0) is 51.3 Å². The first-order valence-corrected chi connectivity index (χ1v) is 47.0. The molecule has 19 aliphatic rings. The Morgan fingerprint density at radius 1 is 0.352 bits per heavy atom. The van der Waals surface area contributed by atoms with Crippen molar-refractivity contribution < 1.29 is 176 Å². The molecule has 0 radical (unpaired) electrons. The normalized spacial score (nSPS) is 19.1. The van der Waals surface area contributed by atoms with E-state index < -0.39 is 37.2 Å². The Labute approximate surface area is 699 Å². The molecule has 4 aromatic heterocycles. The van der Waals surface area contributed by atoms with E-state index in [1.165, 1.54) is 29.4 Å². The summed E-state index contributed by atoms with van der Waals surface area (Å²) in [6, 6.07) is 43.8. The van der Waals surface area contributed by atoms with E-state index in [0.717, 1.165) is 68.7 Å². The first-order chi connectivity index (χ1) is 56.3. The Balaban J connectivity index is 0.000000255. The van der Waals surface area contributed by atoms with Crippen LogP contribution in [-0.2, 0) is 68.8 Å². The average Bonchev–Trinajstić information content (AvgIpc) is 0.909. The first-order valence-electron chi connectivity index (χ1n) is 35.5. The third-order valence-electron chi connectivity index (χ3n) is 15.1. The fourth-order valence-electron chi connectivity index (χ4n) is 10.3. The van der Waals surface area contributed by atoms with Gasteiger partial charge in [-0.15, -0.1) is 6.42 Å². The van der Waals surface area contributed by atoms with Crippen LogP contribution in [0, 0.1) is 12.3 Å². The first kappa shape index (κ1) is 102. The van der Waals surface area contributed by atoms with Gasteiger partial charge < -0.3 is 52.1 Å². The molecule has 48 heteroatoms. The summed E-state index contributed by atoms with van der Waals surface area (Å²) < 4.78 is 311. The van der Waals surface area contributed by atoms with Crippen molar-refractivity contribution in [2.24, 2.45) is 0 Å². The van der Waals surface area contributed by atoms with Crippen LogP contribution in [0.15, 0.2) is 206 Å². The third kappa shape index (κ3) is 50.0. The quantitative estimate of drug-likeness (QED) is 0.0534. The fourth-order valence-corrected chi connectivity index (χ4v) is 15.1. The second-order valence-electron chi connectivity index (χ2n) is 25.7. The zero-order valence-electron chi connectivity index (χ0n) is 63.4. The molecule has 0 saturated carbocycles. The van der Waals surface area contributed by atoms with E-state index in [0.29, 0.717) is 138 Å². The van der Waals surface area contributed by atoms with Crippen molar-refractivity contribution >= 4 is 95.0 Å². The summed E-state index contributed by atoms with van der Waals surface area (Å²) in [6.45, 7) is 11.9. The van der Waals surface area contributed by atoms with E-state index in [9.17, 15) is 106 Å². The summed E-state index contributed by atoms with van der Waals surface area (Å²) in [4.78, 5) is 15.5. The van der Waals surface area contributed by atoms with Gasteiger partial charge in [-0.3, -0.25) is 0 Å². The Hall–Kier alpha value is -7.29. The maximum atomic E-state index is 13.1. The number of aromatic nitrogens is 4. The van der Waals surface area contributed by atoms with Crippen LogP contribution in [0.3, 0.4) is 0 Å². The van der Waals surface area contributed by atoms with Crippen LogP contribution >= 0.6 is 78.3 Å². The molecule has 0 spiro atoms. The Bertz CT molecular complexity index is 4680. The number of benzene rings is 4. The molecule has 16 nitrogen and oxygen atoms in total. The van der Waals surface area contributed by atoms with Crippen LogP contribution in [0.25, 0.3) is 33.0 Å². The van der Waals surface area contributed by atoms with Gasteiger partial charge in [0.25, 0.3) is 0 Å². The van der Waals surface area contributed by atoms with Crippen molar-refractivity contribution in [3.63, 3.8) is 0 Å². The Morgan fingerprint density at radius 3 is 0.926 bits per heavy atom. The van der Waals surface area contributed by atoms with Crippen molar-refractivity contribution in [1.82, 2.24) is 0 Å². The number of carbonyl (C=O) groups is 1. The number of hydrogen-bond donors (Lipinski definition) is 0. The molecule has 4 aromatic carbocycles. The molecule has 0 N–H and O–H groups in total. The zero-order valence-corrected chi connectivity index (χ0v) is 70.3. The van der Waals surface area contributed by atoms with Crippen LogP contribution in [-0.4, -0.2) is 132 Å². The molecule has 20 bridgehead atoms. The van der Waals surface area contributed by atoms with Gasteiger partial charge in [-0.25, -0.2) is 23.1 Å². The molecule has 678 valence electrons. The van der Waals surface area contributed by atoms with E-state index in [2.05, 4.69) is 151 Å². The molecule has 23 heterocycles. The summed E-state index contributed by atoms with van der Waals surface area (Å²) >= 11 is 7.07. The van der Waals surface area contributed by atoms with Crippen molar-refractivity contribution in [3.8, 4) is 46.1 Å². The van der Waals surface area contributed by atoms with Gasteiger partial charge in [0, 0.05) is 91.4 Å². The van der Waals surface area contributed by atoms with Crippen molar-refractivity contribution in [2.45, 2.75) is 26.2 Å². The van der Waals surface area contributed by atoms with E-state index >= 15 is 0 Å². The van der Waals surface area contributed by atoms with Crippen LogP contribution in [0.5, 0.6) is 11.5 Å². The van der Waals surface area contributed by atoms with Gasteiger partial charge in [-0.2, -0.15) is 0 Å². The second-order valence-corrected chi connectivity index (χ2v) is 37.9. The fraction of sp³-hybridized carbons (Fsp3) is 0.311. The summed E-state index contributed by atoms with van der Waals surface area (Å²) in [7, 11) is -42.6. The van der Waals surface area contributed by atoms with Gasteiger partial charge in [-0.1, -0.05) is 114 Å². The summed E-state index contributed by atoms with van der Waals surface area (Å²) in [5.41, 5.74) is 9.47. The van der Waals surface area contributed by atoms with E-state index in [-0.39, 0.29) is 6.61 Å². The number of fused-ring (bicyclic) bond motifs is 4. The predicted molar refractivity (Wildman–Crippen MR) is 422 cm³/mol. The molecule has 0 saturated heterocycles. The van der Waals surface area contributed by atoms with Crippen LogP contribution in [0.1, 0.15) is 32.6 Å². The molecule has 0 aliphatic carbocycles. The van der Waals surface area contributed by atoms with Crippen LogP contribution < -0.4 is 27.7 Å². The number of nitrogens with zero attached hydrogens (tertiary/aromatic N) is 4. The Kier molecular flexibility index (Phi) is 33.8. The maximum absolute atomic E-state index is 13.1. The number of thioether (sulfide) groups is 4. The van der Waals surface area contributed by atoms with Gasteiger partial charge in [0.2, 0.25) is 0 Å². The molecular weight excluding hydrogens is 1840 g/mol. The van der Waals surface area contributed by atoms with Crippen LogP contribution in [0.2, 0.25) is 0 Å². The minimum atomic E-state index is -10.7. The molecule has 0 fully saturated rings. The number of rotatable bonds is 2. The molecule has 0 atom stereocenters. The van der Waals surface area contributed by atoms with Gasteiger partial charge in [0.05, 0.1) is 120 Å². The molecule has 27 rings (SSSR count). The summed E-state index contributed by atoms with van der Waals surface area (Å²) in [5.74, 6) is 3.57. The SMILES string of the molecule is C#CCOC(=O)c1cc2ccc1C[n+]1ccc(cc1)-c1cc[n+](cc1)Cc1ccc(cc1)C[n+]1ccc(cc1)-c1cc[n+](cc1)C2.C1=C2COCCOCCOCCOCCOc3cccc4c(cccc34)OCCOCCOCCOCCOCC3=CS/C(=C(/S1)S2)S3.F[P-](F)(F)(F)(F)F.F[P-](F)(F)(F)(F)F.F[P-](F)(F)(F)(F)F.F[P-](F)(F)(F)(F)F. The van der Waals surface area contributed by atoms with Gasteiger partial charge in [0.15, 0.2) is 82.4 Å². The molecule has 19 aliphatic heterocycles. The molecule has 122 heavy (non-hydrogen) atoms. The zero-order chi connectivity index (χ0) is 89.8.